The van der Waals surface area contributed by atoms with Gasteiger partial charge in [0.25, 0.3) is 0 Å². The molecule has 1 unspecified atom stereocenters. The third-order valence-corrected chi connectivity index (χ3v) is 3.94. The van der Waals surface area contributed by atoms with Crippen LogP contribution in [-0.2, 0) is 14.9 Å². The zero-order valence-corrected chi connectivity index (χ0v) is 14.0. The fraction of sp³-hybridized carbons (Fsp3) is 0.467. The SMILES string of the molecule is CC(C)(C#N)OCCC(C)(C(=O)O)c1cccc(I)c1. The van der Waals surface area contributed by atoms with Crippen LogP contribution in [0.4, 0.5) is 0 Å². The number of nitriles is 1. The van der Waals surface area contributed by atoms with Gasteiger partial charge in [-0.05, 0) is 67.5 Å². The van der Waals surface area contributed by atoms with E-state index in [0.29, 0.717) is 6.42 Å². The molecule has 0 amide bonds. The first kappa shape index (κ1) is 16.9. The molecule has 20 heavy (non-hydrogen) atoms. The van der Waals surface area contributed by atoms with Crippen LogP contribution in [0.1, 0.15) is 32.8 Å². The number of rotatable bonds is 6. The Balaban J connectivity index is 2.89. The molecule has 1 atom stereocenters. The van der Waals surface area contributed by atoms with Gasteiger partial charge in [-0.2, -0.15) is 5.26 Å². The number of benzene rings is 1. The minimum Gasteiger partial charge on any atom is -0.481 e. The predicted octanol–water partition coefficient (Wildman–Crippen LogP) is 3.34. The predicted molar refractivity (Wildman–Crippen MR) is 84.4 cm³/mol. The molecule has 0 spiro atoms. The van der Waals surface area contributed by atoms with Gasteiger partial charge in [-0.25, -0.2) is 0 Å². The van der Waals surface area contributed by atoms with E-state index in [1.165, 1.54) is 0 Å². The van der Waals surface area contributed by atoms with Crippen LogP contribution in [0.25, 0.3) is 0 Å². The van der Waals surface area contributed by atoms with Crippen molar-refractivity contribution in [2.75, 3.05) is 6.61 Å². The highest BCUT2D eigenvalue weighted by molar-refractivity contribution is 14.1. The van der Waals surface area contributed by atoms with Gasteiger partial charge in [0, 0.05) is 3.57 Å². The van der Waals surface area contributed by atoms with Gasteiger partial charge in [-0.15, -0.1) is 0 Å². The van der Waals surface area contributed by atoms with E-state index >= 15 is 0 Å². The van der Waals surface area contributed by atoms with Crippen LogP contribution in [0.3, 0.4) is 0 Å². The highest BCUT2D eigenvalue weighted by Gasteiger charge is 2.35. The van der Waals surface area contributed by atoms with Gasteiger partial charge < -0.3 is 9.84 Å². The van der Waals surface area contributed by atoms with Crippen molar-refractivity contribution in [1.82, 2.24) is 0 Å². The van der Waals surface area contributed by atoms with Crippen LogP contribution in [0.15, 0.2) is 24.3 Å². The van der Waals surface area contributed by atoms with Crippen molar-refractivity contribution in [2.24, 2.45) is 0 Å². The van der Waals surface area contributed by atoms with Gasteiger partial charge in [-0.1, -0.05) is 12.1 Å². The maximum Gasteiger partial charge on any atom is 0.313 e. The number of carboxylic acid groups (broad SMARTS) is 1. The second-order valence-corrected chi connectivity index (χ2v) is 6.61. The summed E-state index contributed by atoms with van der Waals surface area (Å²) >= 11 is 2.16. The number of aliphatic carboxylic acids is 1. The monoisotopic (exact) mass is 387 g/mol. The summed E-state index contributed by atoms with van der Waals surface area (Å²) in [7, 11) is 0. The number of ether oxygens (including phenoxy) is 1. The van der Waals surface area contributed by atoms with Crippen LogP contribution in [0.2, 0.25) is 0 Å². The van der Waals surface area contributed by atoms with E-state index < -0.39 is 17.0 Å². The lowest BCUT2D eigenvalue weighted by molar-refractivity contribution is -0.144. The third kappa shape index (κ3) is 4.18. The van der Waals surface area contributed by atoms with Gasteiger partial charge in [0.15, 0.2) is 0 Å². The first-order valence-electron chi connectivity index (χ1n) is 6.26. The molecule has 0 aliphatic carbocycles. The van der Waals surface area contributed by atoms with Crippen molar-refractivity contribution >= 4 is 28.6 Å². The van der Waals surface area contributed by atoms with Crippen molar-refractivity contribution in [3.8, 4) is 6.07 Å². The quantitative estimate of drug-likeness (QED) is 0.761. The average Bonchev–Trinajstić information content (AvgIpc) is 2.38. The first-order valence-corrected chi connectivity index (χ1v) is 7.34. The molecule has 0 fully saturated rings. The molecule has 0 aliphatic rings. The van der Waals surface area contributed by atoms with Crippen LogP contribution in [-0.4, -0.2) is 23.3 Å². The lowest BCUT2D eigenvalue weighted by atomic mass is 9.80. The molecule has 0 heterocycles. The Morgan fingerprint density at radius 2 is 2.10 bits per heavy atom. The highest BCUT2D eigenvalue weighted by Crippen LogP contribution is 2.29. The number of halogens is 1. The van der Waals surface area contributed by atoms with Crippen LogP contribution in [0.5, 0.6) is 0 Å². The van der Waals surface area contributed by atoms with Crippen molar-refractivity contribution in [1.29, 1.82) is 5.26 Å². The van der Waals surface area contributed by atoms with E-state index in [2.05, 4.69) is 22.6 Å². The molecule has 1 aromatic rings. The van der Waals surface area contributed by atoms with E-state index in [1.54, 1.807) is 20.8 Å². The van der Waals surface area contributed by atoms with Crippen molar-refractivity contribution in [2.45, 2.75) is 38.2 Å². The second-order valence-electron chi connectivity index (χ2n) is 5.37. The summed E-state index contributed by atoms with van der Waals surface area (Å²) < 4.78 is 6.44. The fourth-order valence-electron chi connectivity index (χ4n) is 1.75. The Morgan fingerprint density at radius 1 is 1.45 bits per heavy atom. The fourth-order valence-corrected chi connectivity index (χ4v) is 2.29. The number of nitrogens with zero attached hydrogens (tertiary/aromatic N) is 1. The molecule has 0 bridgehead atoms. The Kier molecular flexibility index (Phi) is 5.54. The Bertz CT molecular complexity index is 536. The zero-order valence-electron chi connectivity index (χ0n) is 11.8. The topological polar surface area (TPSA) is 70.3 Å². The smallest absolute Gasteiger partial charge is 0.313 e. The van der Waals surface area contributed by atoms with E-state index in [1.807, 2.05) is 30.3 Å². The minimum absolute atomic E-state index is 0.217. The molecule has 5 heteroatoms. The maximum atomic E-state index is 11.6. The molecule has 1 aromatic carbocycles. The normalized spacial score (nSPS) is 14.3. The van der Waals surface area contributed by atoms with Gasteiger partial charge in [0.1, 0.15) is 5.60 Å². The summed E-state index contributed by atoms with van der Waals surface area (Å²) in [6, 6.07) is 9.48. The maximum absolute atomic E-state index is 11.6. The van der Waals surface area contributed by atoms with Crippen LogP contribution >= 0.6 is 22.6 Å². The summed E-state index contributed by atoms with van der Waals surface area (Å²) in [6.07, 6.45) is 0.313. The van der Waals surface area contributed by atoms with Gasteiger partial charge >= 0.3 is 5.97 Å². The highest BCUT2D eigenvalue weighted by atomic mass is 127. The molecular formula is C15H18INO3. The first-order chi connectivity index (χ1) is 9.21. The van der Waals surface area contributed by atoms with Gasteiger partial charge in [-0.3, -0.25) is 4.79 Å². The number of hydrogen-bond acceptors (Lipinski definition) is 3. The third-order valence-electron chi connectivity index (χ3n) is 3.27. The Morgan fingerprint density at radius 3 is 2.60 bits per heavy atom. The summed E-state index contributed by atoms with van der Waals surface area (Å²) in [5.41, 5.74) is -1.17. The Hall–Kier alpha value is -1.13. The second kappa shape index (κ2) is 6.55. The summed E-state index contributed by atoms with van der Waals surface area (Å²) in [6.45, 7) is 5.23. The molecule has 4 nitrogen and oxygen atoms in total. The largest absolute Gasteiger partial charge is 0.481 e. The molecule has 1 rings (SSSR count). The van der Waals surface area contributed by atoms with E-state index in [0.717, 1.165) is 9.13 Å². The summed E-state index contributed by atoms with van der Waals surface area (Å²) in [5, 5.41) is 18.4. The molecule has 1 N–H and O–H groups in total. The molecule has 0 aromatic heterocycles. The van der Waals surface area contributed by atoms with Crippen LogP contribution in [0, 0.1) is 14.9 Å². The lowest BCUT2D eigenvalue weighted by Crippen LogP contribution is -2.35. The molecule has 0 saturated heterocycles. The summed E-state index contributed by atoms with van der Waals surface area (Å²) in [4.78, 5) is 11.6. The van der Waals surface area contributed by atoms with Crippen molar-refractivity contribution < 1.29 is 14.6 Å². The lowest BCUT2D eigenvalue weighted by Gasteiger charge is -2.27. The number of carboxylic acids is 1. The number of hydrogen-bond donors (Lipinski definition) is 1. The Labute approximate surface area is 132 Å². The van der Waals surface area contributed by atoms with E-state index in [-0.39, 0.29) is 6.61 Å². The molecule has 0 saturated carbocycles. The zero-order chi connectivity index (χ0) is 15.4. The number of carbonyl (C=O) groups is 1. The molecule has 0 radical (unpaired) electrons. The van der Waals surface area contributed by atoms with Gasteiger partial charge in [0.2, 0.25) is 0 Å². The average molecular weight is 387 g/mol. The van der Waals surface area contributed by atoms with Gasteiger partial charge in [0.05, 0.1) is 18.1 Å². The molecule has 108 valence electrons. The molecular weight excluding hydrogens is 369 g/mol. The van der Waals surface area contributed by atoms with E-state index in [4.69, 9.17) is 10.00 Å². The minimum atomic E-state index is -1.02. The van der Waals surface area contributed by atoms with Crippen molar-refractivity contribution in [3.05, 3.63) is 33.4 Å². The van der Waals surface area contributed by atoms with E-state index in [9.17, 15) is 9.90 Å². The van der Waals surface area contributed by atoms with Crippen LogP contribution < -0.4 is 0 Å². The molecule has 0 aliphatic heterocycles. The van der Waals surface area contributed by atoms with Crippen molar-refractivity contribution in [3.63, 3.8) is 0 Å². The summed E-state index contributed by atoms with van der Waals surface area (Å²) in [5.74, 6) is -0.891. The standard InChI is InChI=1S/C15H18INO3/c1-14(2,10-17)20-8-7-15(3,13(18)19)11-5-4-6-12(16)9-11/h4-6,9H,7-8H2,1-3H3,(H,18,19).